The first-order chi connectivity index (χ1) is 21.8. The smallest absolute Gasteiger partial charge is 0.399 e. The highest BCUT2D eigenvalue weighted by atomic mass is 19.4. The van der Waals surface area contributed by atoms with Crippen LogP contribution in [-0.2, 0) is 33.5 Å². The standard InChI is InChI=1S/C32H36F3N7O4/c1-17-9-10-23(32(33,34)35)38-29(17)39-30(46)22-13-31-14-24(31)42(22)26(45)15-41-28-19(7-5-3-4-6-8-25(44)37-16-31)11-20(36)12-21(28)27(40-41)18(2)43/h9-12,22,24H,3-8,13-16,36H2,1-2H3,(H,37,44)(H,38,39,46)/t22-,24+,31-/m0/s1. The lowest BCUT2D eigenvalue weighted by Crippen LogP contribution is -2.47. The average molecular weight is 640 g/mol. The molecule has 1 saturated carbocycles. The third kappa shape index (κ3) is 5.92. The molecule has 1 saturated heterocycles. The highest BCUT2D eigenvalue weighted by molar-refractivity contribution is 6.06. The normalized spacial score (nSPS) is 23.9. The molecule has 1 aromatic carbocycles. The molecular formula is C32H36F3N7O4. The van der Waals surface area contributed by atoms with E-state index in [2.05, 4.69) is 20.7 Å². The van der Waals surface area contributed by atoms with E-state index in [0.29, 0.717) is 47.8 Å². The number of aromatic nitrogens is 3. The molecule has 3 atom stereocenters. The number of Topliss-reactive ketones (excluding diaryl/α,β-unsaturated/α-hetero) is 1. The van der Waals surface area contributed by atoms with Crippen molar-refractivity contribution in [1.29, 1.82) is 0 Å². The van der Waals surface area contributed by atoms with Gasteiger partial charge in [-0.1, -0.05) is 18.9 Å². The van der Waals surface area contributed by atoms with Crippen molar-refractivity contribution < 1.29 is 32.3 Å². The Bertz CT molecular complexity index is 1750. The van der Waals surface area contributed by atoms with Gasteiger partial charge in [-0.05, 0) is 68.4 Å². The van der Waals surface area contributed by atoms with Crippen LogP contribution in [0.2, 0.25) is 0 Å². The van der Waals surface area contributed by atoms with Crippen molar-refractivity contribution in [2.75, 3.05) is 17.6 Å². The molecule has 4 heterocycles. The molecule has 2 bridgehead atoms. The Labute approximate surface area is 263 Å². The summed E-state index contributed by atoms with van der Waals surface area (Å²) in [7, 11) is 0. The van der Waals surface area contributed by atoms with Gasteiger partial charge in [-0.2, -0.15) is 18.3 Å². The van der Waals surface area contributed by atoms with Gasteiger partial charge in [0.05, 0.1) is 5.52 Å². The average Bonchev–Trinajstić information content (AvgIpc) is 3.40. The summed E-state index contributed by atoms with van der Waals surface area (Å²) < 4.78 is 41.7. The minimum atomic E-state index is -4.71. The van der Waals surface area contributed by atoms with Crippen molar-refractivity contribution in [3.05, 3.63) is 46.8 Å². The fraction of sp³-hybridized carbons (Fsp3) is 0.500. The van der Waals surface area contributed by atoms with Crippen LogP contribution < -0.4 is 16.4 Å². The molecule has 1 aliphatic carbocycles. The van der Waals surface area contributed by atoms with Gasteiger partial charge in [-0.15, -0.1) is 0 Å². The predicted molar refractivity (Wildman–Crippen MR) is 163 cm³/mol. The maximum Gasteiger partial charge on any atom is 0.433 e. The van der Waals surface area contributed by atoms with Crippen LogP contribution in [0.15, 0.2) is 24.3 Å². The van der Waals surface area contributed by atoms with Crippen LogP contribution in [0.3, 0.4) is 0 Å². The van der Waals surface area contributed by atoms with Crippen molar-refractivity contribution in [1.82, 2.24) is 25.0 Å². The van der Waals surface area contributed by atoms with E-state index in [-0.39, 0.29) is 48.8 Å². The Morgan fingerprint density at radius 3 is 2.54 bits per heavy atom. The van der Waals surface area contributed by atoms with E-state index in [1.165, 1.54) is 29.5 Å². The van der Waals surface area contributed by atoms with E-state index < -0.39 is 35.1 Å². The number of rotatable bonds is 3. The van der Waals surface area contributed by atoms with E-state index >= 15 is 0 Å². The van der Waals surface area contributed by atoms with E-state index in [1.54, 1.807) is 6.07 Å². The first-order valence-corrected chi connectivity index (χ1v) is 15.5. The second kappa shape index (κ2) is 11.7. The number of hydrogen-bond acceptors (Lipinski definition) is 7. The van der Waals surface area contributed by atoms with Crippen LogP contribution >= 0.6 is 0 Å². The van der Waals surface area contributed by atoms with Crippen LogP contribution in [0, 0.1) is 12.3 Å². The quantitative estimate of drug-likeness (QED) is 0.287. The molecule has 0 spiro atoms. The van der Waals surface area contributed by atoms with Gasteiger partial charge in [0.1, 0.15) is 29.8 Å². The van der Waals surface area contributed by atoms with Crippen LogP contribution in [0.5, 0.6) is 0 Å². The molecule has 0 radical (unpaired) electrons. The molecule has 244 valence electrons. The largest absolute Gasteiger partial charge is 0.433 e. The molecule has 14 heteroatoms. The number of nitrogens with zero attached hydrogens (tertiary/aromatic N) is 4. The number of ketones is 1. The second-order valence-corrected chi connectivity index (χ2v) is 12.8. The monoisotopic (exact) mass is 639 g/mol. The number of nitrogens with one attached hydrogen (secondary N) is 2. The van der Waals surface area contributed by atoms with Gasteiger partial charge in [0.15, 0.2) is 5.78 Å². The van der Waals surface area contributed by atoms with Crippen molar-refractivity contribution in [2.24, 2.45) is 5.41 Å². The number of amides is 3. The Morgan fingerprint density at radius 1 is 1.09 bits per heavy atom. The number of piperidine rings is 1. The fourth-order valence-corrected chi connectivity index (χ4v) is 7.00. The number of nitrogens with two attached hydrogens (primary N) is 1. The van der Waals surface area contributed by atoms with Gasteiger partial charge >= 0.3 is 6.18 Å². The highest BCUT2D eigenvalue weighted by Crippen LogP contribution is 2.59. The number of carbonyl (C=O) groups is 4. The zero-order valence-electron chi connectivity index (χ0n) is 25.7. The fourth-order valence-electron chi connectivity index (χ4n) is 7.00. The number of nitrogen functional groups attached to an aromatic ring is 1. The summed E-state index contributed by atoms with van der Waals surface area (Å²) in [6.07, 6.45) is 0.283. The lowest BCUT2D eigenvalue weighted by atomic mass is 9.98. The summed E-state index contributed by atoms with van der Waals surface area (Å²) in [5, 5.41) is 10.6. The van der Waals surface area contributed by atoms with Gasteiger partial charge in [-0.3, -0.25) is 23.9 Å². The number of halogens is 3. The summed E-state index contributed by atoms with van der Waals surface area (Å²) in [6.45, 7) is 2.92. The van der Waals surface area contributed by atoms with Gasteiger partial charge in [-0.25, -0.2) is 4.98 Å². The lowest BCUT2D eigenvalue weighted by molar-refractivity contribution is -0.141. The van der Waals surface area contributed by atoms with Crippen LogP contribution in [0.4, 0.5) is 24.7 Å². The number of benzene rings is 1. The molecule has 3 amide bonds. The number of hydrogen-bond donors (Lipinski definition) is 3. The molecule has 46 heavy (non-hydrogen) atoms. The molecule has 3 aliphatic rings. The maximum absolute atomic E-state index is 14.2. The Kier molecular flexibility index (Phi) is 8.01. The zero-order chi connectivity index (χ0) is 33.0. The Balaban J connectivity index is 1.37. The highest BCUT2D eigenvalue weighted by Gasteiger charge is 2.67. The van der Waals surface area contributed by atoms with Crippen LogP contribution in [0.1, 0.15) is 79.2 Å². The van der Waals surface area contributed by atoms with E-state index in [9.17, 15) is 32.3 Å². The first kappa shape index (κ1) is 31.5. The molecule has 2 aliphatic heterocycles. The molecular weight excluding hydrogens is 603 g/mol. The summed E-state index contributed by atoms with van der Waals surface area (Å²) in [5.74, 6) is -1.73. The van der Waals surface area contributed by atoms with Crippen LogP contribution in [0.25, 0.3) is 10.9 Å². The van der Waals surface area contributed by atoms with Crippen LogP contribution in [-0.4, -0.2) is 61.8 Å². The van der Waals surface area contributed by atoms with E-state index in [1.807, 2.05) is 6.07 Å². The SMILES string of the molecule is CC(=O)c1nn2c3c(cc(N)cc13)CCCCCCC(=O)NC[C@@]13C[C@@H](C(=O)Nc4nc(C(F)(F)F)ccc4C)N(C(=O)C2)[C@@H]1C3. The number of alkyl halides is 3. The minimum Gasteiger partial charge on any atom is -0.399 e. The maximum atomic E-state index is 14.2. The molecule has 2 aromatic heterocycles. The Hall–Kier alpha value is -4.49. The van der Waals surface area contributed by atoms with E-state index in [0.717, 1.165) is 30.9 Å². The van der Waals surface area contributed by atoms with Crippen molar-refractivity contribution in [3.63, 3.8) is 0 Å². The molecule has 6 rings (SSSR count). The Morgan fingerprint density at radius 2 is 1.83 bits per heavy atom. The molecule has 11 nitrogen and oxygen atoms in total. The molecule has 2 fully saturated rings. The summed E-state index contributed by atoms with van der Waals surface area (Å²) in [5.41, 5.74) is 6.97. The van der Waals surface area contributed by atoms with Crippen molar-refractivity contribution in [2.45, 2.75) is 90.0 Å². The minimum absolute atomic E-state index is 0.103. The lowest BCUT2D eigenvalue weighted by Gasteiger charge is -2.27. The molecule has 3 aromatic rings. The summed E-state index contributed by atoms with van der Waals surface area (Å²) >= 11 is 0. The third-order valence-corrected chi connectivity index (χ3v) is 9.44. The molecule has 0 unspecified atom stereocenters. The molecule has 4 N–H and O–H groups in total. The predicted octanol–water partition coefficient (Wildman–Crippen LogP) is 4.16. The second-order valence-electron chi connectivity index (χ2n) is 12.8. The number of pyridine rings is 1. The number of carbonyl (C=O) groups excluding carboxylic acids is 4. The van der Waals surface area contributed by atoms with Gasteiger partial charge in [0.25, 0.3) is 0 Å². The van der Waals surface area contributed by atoms with Crippen molar-refractivity contribution in [3.8, 4) is 0 Å². The first-order valence-electron chi connectivity index (χ1n) is 15.5. The van der Waals surface area contributed by atoms with Gasteiger partial charge in [0.2, 0.25) is 17.7 Å². The topological polar surface area (TPSA) is 152 Å². The summed E-state index contributed by atoms with van der Waals surface area (Å²) in [4.78, 5) is 58.3. The van der Waals surface area contributed by atoms with Gasteiger partial charge in [0, 0.05) is 42.4 Å². The summed E-state index contributed by atoms with van der Waals surface area (Å²) in [6, 6.07) is 4.17. The van der Waals surface area contributed by atoms with Gasteiger partial charge < -0.3 is 21.3 Å². The number of anilines is 2. The van der Waals surface area contributed by atoms with E-state index in [4.69, 9.17) is 5.73 Å². The zero-order valence-corrected chi connectivity index (χ0v) is 25.7. The van der Waals surface area contributed by atoms with Crippen molar-refractivity contribution >= 4 is 45.9 Å². The number of aryl methyl sites for hydroxylation is 2. The third-order valence-electron chi connectivity index (χ3n) is 9.44.